The van der Waals surface area contributed by atoms with Gasteiger partial charge in [-0.3, -0.25) is 19.1 Å². The number of esters is 2. The maximum Gasteiger partial charge on any atom is 0.328 e. The van der Waals surface area contributed by atoms with Crippen LogP contribution in [0.2, 0.25) is 0 Å². The highest BCUT2D eigenvalue weighted by Gasteiger charge is 2.39. The minimum absolute atomic E-state index is 0.0798. The molecule has 0 spiro atoms. The molecule has 1 saturated heterocycles. The van der Waals surface area contributed by atoms with Crippen LogP contribution in [-0.2, 0) is 23.8 Å². The number of aromatic amines is 1. The summed E-state index contributed by atoms with van der Waals surface area (Å²) in [5, 5.41) is 0. The zero-order chi connectivity index (χ0) is 19.6. The van der Waals surface area contributed by atoms with Crippen molar-refractivity contribution in [3.63, 3.8) is 0 Å². The van der Waals surface area contributed by atoms with Crippen LogP contribution in [0.25, 0.3) is 0 Å². The third-order valence-electron chi connectivity index (χ3n) is 3.23. The molecule has 1 N–H and O–H groups in total. The maximum absolute atomic E-state index is 12.2. The van der Waals surface area contributed by atoms with E-state index in [0.717, 1.165) is 10.8 Å². The van der Waals surface area contributed by atoms with Crippen molar-refractivity contribution in [2.45, 2.75) is 45.6 Å². The summed E-state index contributed by atoms with van der Waals surface area (Å²) in [5.74, 6) is -1.10. The van der Waals surface area contributed by atoms with Gasteiger partial charge in [0.05, 0.1) is 0 Å². The zero-order valence-electron chi connectivity index (χ0n) is 15.5. The van der Waals surface area contributed by atoms with Gasteiger partial charge in [0, 0.05) is 36.1 Å². The van der Waals surface area contributed by atoms with E-state index in [1.807, 2.05) is 0 Å². The fourth-order valence-corrected chi connectivity index (χ4v) is 2.40. The summed E-state index contributed by atoms with van der Waals surface area (Å²) < 4.78 is 39.1. The Labute approximate surface area is 141 Å². The van der Waals surface area contributed by atoms with Gasteiger partial charge in [-0.25, -0.2) is 4.79 Å². The standard InChI is InChI=1S/C14H18N2O6S/c1-7-5-16(14(19)15-13(7)23)12-4-10(21-9(3)18)11(22-12)6-20-8(2)17/h5,10-12H,4,6H2,1-3H3,(H,15,19,23)/t10-,11+,12+/m0/s1/i1T3. The lowest BCUT2D eigenvalue weighted by Gasteiger charge is -2.17. The smallest absolute Gasteiger partial charge is 0.328 e. The van der Waals surface area contributed by atoms with Gasteiger partial charge in [-0.15, -0.1) is 0 Å². The van der Waals surface area contributed by atoms with Crippen molar-refractivity contribution in [3.8, 4) is 0 Å². The predicted octanol–water partition coefficient (Wildman–Crippen LogP) is 0.997. The molecule has 1 aliphatic heterocycles. The van der Waals surface area contributed by atoms with Crippen LogP contribution in [0.1, 0.15) is 36.2 Å². The SMILES string of the molecule is [3H]C([3H])([3H])c1cn([C@H]2C[C@H](OC(C)=O)[C@@H](COC(C)=O)O2)c(=O)[nH]c1=S. The molecular formula is C14H18N2O6S. The fourth-order valence-electron chi connectivity index (χ4n) is 2.26. The number of nitrogens with one attached hydrogen (secondary N) is 1. The molecule has 0 saturated carbocycles. The van der Waals surface area contributed by atoms with Gasteiger partial charge in [0.2, 0.25) is 0 Å². The Hall–Kier alpha value is -2.00. The Bertz CT molecular complexity index is 818. The van der Waals surface area contributed by atoms with E-state index in [9.17, 15) is 14.4 Å². The number of ether oxygens (including phenoxy) is 3. The summed E-state index contributed by atoms with van der Waals surface area (Å²) in [6, 6.07) is 0. The lowest BCUT2D eigenvalue weighted by atomic mass is 10.2. The van der Waals surface area contributed by atoms with E-state index in [1.165, 1.54) is 13.8 Å². The van der Waals surface area contributed by atoms with Gasteiger partial charge in [0.1, 0.15) is 29.7 Å². The van der Waals surface area contributed by atoms with Crippen molar-refractivity contribution in [1.82, 2.24) is 9.55 Å². The molecular weight excluding hydrogens is 324 g/mol. The van der Waals surface area contributed by atoms with Crippen molar-refractivity contribution in [3.05, 3.63) is 26.9 Å². The summed E-state index contributed by atoms with van der Waals surface area (Å²) in [6.07, 6.45) is -1.28. The second kappa shape index (κ2) is 7.05. The van der Waals surface area contributed by atoms with Crippen LogP contribution in [0.3, 0.4) is 0 Å². The second-order valence-electron chi connectivity index (χ2n) is 5.02. The number of nitrogens with zero attached hydrogens (tertiary/aromatic N) is 1. The normalized spacial score (nSPS) is 26.0. The number of carbonyl (C=O) groups excluding carboxylic acids is 2. The van der Waals surface area contributed by atoms with E-state index in [4.69, 9.17) is 30.5 Å². The average Bonchev–Trinajstić information content (AvgIpc) is 2.85. The summed E-state index contributed by atoms with van der Waals surface area (Å²) >= 11 is 4.90. The molecule has 23 heavy (non-hydrogen) atoms. The van der Waals surface area contributed by atoms with Crippen LogP contribution < -0.4 is 5.69 Å². The molecule has 2 rings (SSSR count). The van der Waals surface area contributed by atoms with Gasteiger partial charge in [0.25, 0.3) is 0 Å². The minimum atomic E-state index is -2.52. The van der Waals surface area contributed by atoms with Crippen molar-refractivity contribution in [2.24, 2.45) is 0 Å². The lowest BCUT2D eigenvalue weighted by molar-refractivity contribution is -0.155. The molecule has 9 heteroatoms. The van der Waals surface area contributed by atoms with E-state index in [-0.39, 0.29) is 23.2 Å². The van der Waals surface area contributed by atoms with Crippen LogP contribution in [-0.4, -0.2) is 40.3 Å². The first kappa shape index (κ1) is 13.4. The monoisotopic (exact) mass is 348 g/mol. The topological polar surface area (TPSA) is 99.6 Å². The number of hydrogen-bond acceptors (Lipinski definition) is 7. The van der Waals surface area contributed by atoms with Crippen molar-refractivity contribution >= 4 is 24.2 Å². The quantitative estimate of drug-likeness (QED) is 0.640. The molecule has 1 fully saturated rings. The third-order valence-corrected chi connectivity index (χ3v) is 3.55. The Morgan fingerprint density at radius 2 is 2.26 bits per heavy atom. The molecule has 1 aromatic heterocycles. The van der Waals surface area contributed by atoms with E-state index >= 15 is 0 Å². The Balaban J connectivity index is 2.33. The Morgan fingerprint density at radius 3 is 2.87 bits per heavy atom. The van der Waals surface area contributed by atoms with Crippen molar-refractivity contribution in [1.29, 1.82) is 0 Å². The molecule has 3 atom stereocenters. The largest absolute Gasteiger partial charge is 0.463 e. The second-order valence-corrected chi connectivity index (χ2v) is 5.43. The molecule has 0 bridgehead atoms. The Kier molecular flexibility index (Phi) is 4.12. The molecule has 0 unspecified atom stereocenters. The maximum atomic E-state index is 12.2. The molecule has 2 heterocycles. The molecule has 0 amide bonds. The zero-order valence-corrected chi connectivity index (χ0v) is 13.3. The molecule has 0 aliphatic carbocycles. The number of rotatable bonds is 4. The summed E-state index contributed by atoms with van der Waals surface area (Å²) in [4.78, 5) is 36.8. The van der Waals surface area contributed by atoms with Gasteiger partial charge >= 0.3 is 17.6 Å². The molecule has 126 valence electrons. The van der Waals surface area contributed by atoms with Crippen LogP contribution in [0.15, 0.2) is 11.0 Å². The van der Waals surface area contributed by atoms with Crippen molar-refractivity contribution in [2.75, 3.05) is 6.61 Å². The van der Waals surface area contributed by atoms with Crippen molar-refractivity contribution < 1.29 is 27.9 Å². The predicted molar refractivity (Wildman–Crippen MR) is 81.3 cm³/mol. The fraction of sp³-hybridized carbons (Fsp3) is 0.571. The summed E-state index contributed by atoms with van der Waals surface area (Å²) in [5.41, 5.74) is -0.870. The highest BCUT2D eigenvalue weighted by atomic mass is 32.1. The van der Waals surface area contributed by atoms with E-state index in [0.29, 0.717) is 0 Å². The molecule has 0 aromatic carbocycles. The first-order chi connectivity index (χ1) is 12.0. The van der Waals surface area contributed by atoms with E-state index in [2.05, 4.69) is 4.98 Å². The third kappa shape index (κ3) is 4.26. The number of H-pyrrole nitrogens is 1. The molecule has 1 aromatic rings. The van der Waals surface area contributed by atoms with Gasteiger partial charge < -0.3 is 14.2 Å². The van der Waals surface area contributed by atoms with Crippen LogP contribution in [0, 0.1) is 11.5 Å². The van der Waals surface area contributed by atoms with E-state index < -0.39 is 42.9 Å². The first-order valence-electron chi connectivity index (χ1n) is 8.31. The molecule has 0 radical (unpaired) electrons. The minimum Gasteiger partial charge on any atom is -0.463 e. The number of aryl methyl sites for hydroxylation is 1. The summed E-state index contributed by atoms with van der Waals surface area (Å²) in [6.45, 7) is -0.256. The van der Waals surface area contributed by atoms with Crippen LogP contribution >= 0.6 is 12.2 Å². The Morgan fingerprint density at radius 1 is 1.52 bits per heavy atom. The summed E-state index contributed by atoms with van der Waals surface area (Å²) in [7, 11) is 0. The number of carbonyl (C=O) groups is 2. The van der Waals surface area contributed by atoms with Gasteiger partial charge in [-0.05, 0) is 6.85 Å². The highest BCUT2D eigenvalue weighted by Crippen LogP contribution is 2.30. The van der Waals surface area contributed by atoms with Gasteiger partial charge in [-0.2, -0.15) is 0 Å². The highest BCUT2D eigenvalue weighted by molar-refractivity contribution is 7.71. The van der Waals surface area contributed by atoms with E-state index in [1.54, 1.807) is 0 Å². The lowest BCUT2D eigenvalue weighted by Crippen LogP contribution is -2.31. The molecule has 8 nitrogen and oxygen atoms in total. The molecule has 1 aliphatic rings. The van der Waals surface area contributed by atoms with Gasteiger partial charge in [0.15, 0.2) is 0 Å². The first-order valence-corrected chi connectivity index (χ1v) is 7.22. The number of aromatic nitrogens is 2. The number of hydrogen-bond donors (Lipinski definition) is 1. The van der Waals surface area contributed by atoms with Crippen LogP contribution in [0.5, 0.6) is 0 Å². The average molecular weight is 348 g/mol. The van der Waals surface area contributed by atoms with Crippen LogP contribution in [0.4, 0.5) is 0 Å². The van der Waals surface area contributed by atoms with Gasteiger partial charge in [-0.1, -0.05) is 12.2 Å².